The molecule has 0 aromatic carbocycles. The van der Waals surface area contributed by atoms with Gasteiger partial charge in [0.25, 0.3) is 0 Å². The van der Waals surface area contributed by atoms with Crippen LogP contribution in [0.3, 0.4) is 0 Å². The Labute approximate surface area is 82.2 Å². The van der Waals surface area contributed by atoms with Crippen molar-refractivity contribution in [1.82, 2.24) is 0 Å². The number of ketones is 1. The normalized spacial score (nSPS) is 32.6. The van der Waals surface area contributed by atoms with Crippen LogP contribution in [-0.2, 0) is 9.59 Å². The standard InChI is InChI=1S/C10H14O4/c1-3-10(9(13)14)6(2)4-7(11)5-8(10)12/h5-6,11H,3-4H2,1-2H3,(H,13,14). The highest BCUT2D eigenvalue weighted by molar-refractivity contribution is 6.09. The molecule has 14 heavy (non-hydrogen) atoms. The van der Waals surface area contributed by atoms with E-state index in [1.165, 1.54) is 0 Å². The summed E-state index contributed by atoms with van der Waals surface area (Å²) in [6.07, 6.45) is 1.55. The number of aliphatic hydroxyl groups excluding tert-OH is 1. The zero-order valence-corrected chi connectivity index (χ0v) is 8.28. The Hall–Kier alpha value is -1.32. The topological polar surface area (TPSA) is 74.6 Å². The molecular formula is C10H14O4. The van der Waals surface area contributed by atoms with E-state index in [4.69, 9.17) is 5.11 Å². The fourth-order valence-electron chi connectivity index (χ4n) is 2.06. The average Bonchev–Trinajstić information content (AvgIpc) is 2.03. The van der Waals surface area contributed by atoms with Crippen molar-refractivity contribution in [3.8, 4) is 0 Å². The summed E-state index contributed by atoms with van der Waals surface area (Å²) in [4.78, 5) is 22.7. The molecule has 2 atom stereocenters. The highest BCUT2D eigenvalue weighted by Gasteiger charge is 2.50. The highest BCUT2D eigenvalue weighted by Crippen LogP contribution is 2.40. The second-order valence-corrected chi connectivity index (χ2v) is 3.74. The molecule has 4 nitrogen and oxygen atoms in total. The summed E-state index contributed by atoms with van der Waals surface area (Å²) in [5.41, 5.74) is -1.34. The molecule has 0 fully saturated rings. The molecule has 0 saturated carbocycles. The first-order valence-corrected chi connectivity index (χ1v) is 4.62. The number of carbonyl (C=O) groups is 2. The number of aliphatic hydroxyl groups is 1. The van der Waals surface area contributed by atoms with E-state index >= 15 is 0 Å². The maximum atomic E-state index is 11.6. The molecule has 0 aromatic heterocycles. The largest absolute Gasteiger partial charge is 0.512 e. The maximum Gasteiger partial charge on any atom is 0.317 e. The molecular weight excluding hydrogens is 184 g/mol. The van der Waals surface area contributed by atoms with Crippen LogP contribution in [0, 0.1) is 11.3 Å². The molecule has 2 N–H and O–H groups in total. The summed E-state index contributed by atoms with van der Waals surface area (Å²) in [5.74, 6) is -1.97. The van der Waals surface area contributed by atoms with E-state index in [0.29, 0.717) is 0 Å². The summed E-state index contributed by atoms with van der Waals surface area (Å²) < 4.78 is 0. The van der Waals surface area contributed by atoms with Crippen LogP contribution in [-0.4, -0.2) is 22.0 Å². The Kier molecular flexibility index (Phi) is 2.64. The Morgan fingerprint density at radius 2 is 2.29 bits per heavy atom. The molecule has 1 rings (SSSR count). The Morgan fingerprint density at radius 1 is 1.71 bits per heavy atom. The molecule has 4 heteroatoms. The van der Waals surface area contributed by atoms with Gasteiger partial charge in [0.15, 0.2) is 5.78 Å². The number of carboxylic acids is 1. The van der Waals surface area contributed by atoms with Gasteiger partial charge in [-0.25, -0.2) is 0 Å². The molecule has 0 amide bonds. The van der Waals surface area contributed by atoms with Crippen LogP contribution in [0.4, 0.5) is 0 Å². The monoisotopic (exact) mass is 198 g/mol. The number of aliphatic carboxylic acids is 1. The van der Waals surface area contributed by atoms with Gasteiger partial charge in [-0.2, -0.15) is 0 Å². The second-order valence-electron chi connectivity index (χ2n) is 3.74. The molecule has 0 aromatic rings. The lowest BCUT2D eigenvalue weighted by Crippen LogP contribution is -2.45. The molecule has 0 saturated heterocycles. The third-order valence-electron chi connectivity index (χ3n) is 3.03. The van der Waals surface area contributed by atoms with Gasteiger partial charge in [-0.3, -0.25) is 9.59 Å². The number of hydrogen-bond acceptors (Lipinski definition) is 3. The van der Waals surface area contributed by atoms with Crippen molar-refractivity contribution in [1.29, 1.82) is 0 Å². The number of allylic oxidation sites excluding steroid dienone is 2. The Morgan fingerprint density at radius 3 is 2.64 bits per heavy atom. The van der Waals surface area contributed by atoms with Crippen LogP contribution in [0.5, 0.6) is 0 Å². The van der Waals surface area contributed by atoms with Crippen molar-refractivity contribution in [2.24, 2.45) is 11.3 Å². The lowest BCUT2D eigenvalue weighted by molar-refractivity contribution is -0.158. The fourth-order valence-corrected chi connectivity index (χ4v) is 2.06. The molecule has 0 heterocycles. The van der Waals surface area contributed by atoms with Gasteiger partial charge < -0.3 is 10.2 Å². The summed E-state index contributed by atoms with van der Waals surface area (Å²) in [6, 6.07) is 0. The van der Waals surface area contributed by atoms with E-state index in [1.807, 2.05) is 0 Å². The highest BCUT2D eigenvalue weighted by atomic mass is 16.4. The lowest BCUT2D eigenvalue weighted by Gasteiger charge is -2.34. The van der Waals surface area contributed by atoms with Gasteiger partial charge in [-0.05, 0) is 12.3 Å². The van der Waals surface area contributed by atoms with Crippen LogP contribution in [0.25, 0.3) is 0 Å². The summed E-state index contributed by atoms with van der Waals surface area (Å²) in [7, 11) is 0. The summed E-state index contributed by atoms with van der Waals surface area (Å²) in [5, 5.41) is 18.3. The van der Waals surface area contributed by atoms with Crippen LogP contribution >= 0.6 is 0 Å². The Bertz CT molecular complexity index is 305. The zero-order chi connectivity index (χ0) is 10.9. The number of carboxylic acid groups (broad SMARTS) is 1. The predicted octanol–water partition coefficient (Wildman–Crippen LogP) is 1.52. The van der Waals surface area contributed by atoms with E-state index in [-0.39, 0.29) is 24.5 Å². The third kappa shape index (κ3) is 1.31. The van der Waals surface area contributed by atoms with Gasteiger partial charge in [-0.1, -0.05) is 13.8 Å². The Balaban J connectivity index is 3.19. The second kappa shape index (κ2) is 3.44. The van der Waals surface area contributed by atoms with Crippen molar-refractivity contribution in [2.45, 2.75) is 26.7 Å². The first-order chi connectivity index (χ1) is 6.45. The van der Waals surface area contributed by atoms with Gasteiger partial charge in [0.1, 0.15) is 5.41 Å². The van der Waals surface area contributed by atoms with E-state index in [1.54, 1.807) is 13.8 Å². The molecule has 0 spiro atoms. The zero-order valence-electron chi connectivity index (χ0n) is 8.28. The van der Waals surface area contributed by atoms with Gasteiger partial charge >= 0.3 is 5.97 Å². The van der Waals surface area contributed by atoms with Gasteiger partial charge in [0.05, 0.1) is 5.76 Å². The smallest absolute Gasteiger partial charge is 0.317 e. The molecule has 78 valence electrons. The van der Waals surface area contributed by atoms with Gasteiger partial charge in [0.2, 0.25) is 0 Å². The molecule has 0 aliphatic heterocycles. The van der Waals surface area contributed by atoms with Gasteiger partial charge in [0, 0.05) is 12.5 Å². The van der Waals surface area contributed by atoms with Crippen molar-refractivity contribution < 1.29 is 19.8 Å². The van der Waals surface area contributed by atoms with Crippen LogP contribution in [0.15, 0.2) is 11.8 Å². The minimum atomic E-state index is -1.34. The maximum absolute atomic E-state index is 11.6. The van der Waals surface area contributed by atoms with Crippen LogP contribution in [0.2, 0.25) is 0 Å². The first kappa shape index (κ1) is 10.8. The summed E-state index contributed by atoms with van der Waals surface area (Å²) >= 11 is 0. The number of carbonyl (C=O) groups excluding carboxylic acids is 1. The van der Waals surface area contributed by atoms with E-state index in [2.05, 4.69) is 0 Å². The first-order valence-electron chi connectivity index (χ1n) is 4.62. The lowest BCUT2D eigenvalue weighted by atomic mass is 9.66. The van der Waals surface area contributed by atoms with Gasteiger partial charge in [-0.15, -0.1) is 0 Å². The SMILES string of the molecule is CCC1(C(=O)O)C(=O)C=C(O)CC1C. The number of hydrogen-bond donors (Lipinski definition) is 2. The molecule has 1 aliphatic carbocycles. The molecule has 1 aliphatic rings. The van der Waals surface area contributed by atoms with Crippen molar-refractivity contribution in [3.05, 3.63) is 11.8 Å². The quantitative estimate of drug-likeness (QED) is 0.659. The van der Waals surface area contributed by atoms with E-state index in [0.717, 1.165) is 6.08 Å². The fraction of sp³-hybridized carbons (Fsp3) is 0.600. The molecule has 2 unspecified atom stereocenters. The average molecular weight is 198 g/mol. The van der Waals surface area contributed by atoms with Crippen LogP contribution in [0.1, 0.15) is 26.7 Å². The van der Waals surface area contributed by atoms with Crippen LogP contribution < -0.4 is 0 Å². The predicted molar refractivity (Wildman–Crippen MR) is 49.9 cm³/mol. The molecule has 0 radical (unpaired) electrons. The summed E-state index contributed by atoms with van der Waals surface area (Å²) in [6.45, 7) is 3.36. The third-order valence-corrected chi connectivity index (χ3v) is 3.03. The van der Waals surface area contributed by atoms with Crippen molar-refractivity contribution in [3.63, 3.8) is 0 Å². The number of rotatable bonds is 2. The van der Waals surface area contributed by atoms with E-state index < -0.39 is 17.2 Å². The minimum Gasteiger partial charge on any atom is -0.512 e. The van der Waals surface area contributed by atoms with Crippen molar-refractivity contribution >= 4 is 11.8 Å². The van der Waals surface area contributed by atoms with E-state index in [9.17, 15) is 14.7 Å². The van der Waals surface area contributed by atoms with Crippen molar-refractivity contribution in [2.75, 3.05) is 0 Å². The molecule has 0 bridgehead atoms. The minimum absolute atomic E-state index is 0.0205.